The first-order chi connectivity index (χ1) is 8.29. The molecule has 1 N–H and O–H groups in total. The fraction of sp³-hybridized carbons (Fsp3) is 0.200. The topological polar surface area (TPSA) is 55.4 Å². The molecule has 88 valence electrons. The Labute approximate surface area is 106 Å². The molecule has 3 rings (SSSR count). The van der Waals surface area contributed by atoms with Crippen LogP contribution in [0.3, 0.4) is 0 Å². The van der Waals surface area contributed by atoms with Gasteiger partial charge in [-0.05, 0) is 11.8 Å². The molecule has 5 nitrogen and oxygen atoms in total. The van der Waals surface area contributed by atoms with E-state index in [1.165, 1.54) is 11.8 Å². The molecule has 0 bridgehead atoms. The number of rotatable bonds is 3. The number of aromatic nitrogens is 4. The van der Waals surface area contributed by atoms with E-state index in [1.807, 2.05) is 33.8 Å². The maximum Gasteiger partial charge on any atom is 0.195 e. The second kappa shape index (κ2) is 4.17. The average molecular weight is 266 g/mol. The lowest BCUT2D eigenvalue weighted by Crippen LogP contribution is -1.93. The molecule has 0 aromatic carbocycles. The Hall–Kier alpha value is -1.31. The first kappa shape index (κ1) is 10.8. The third kappa shape index (κ3) is 1.76. The van der Waals surface area contributed by atoms with Crippen molar-refractivity contribution in [3.63, 3.8) is 0 Å². The van der Waals surface area contributed by atoms with E-state index in [4.69, 9.17) is 0 Å². The van der Waals surface area contributed by atoms with Crippen LogP contribution in [0.15, 0.2) is 34.2 Å². The first-order valence-electron chi connectivity index (χ1n) is 5.00. The predicted molar refractivity (Wildman–Crippen MR) is 66.3 cm³/mol. The standard InChI is InChI=1S/C10H10N4OS2/c1-13-3-2-11-9(13)17-8-7(6-15)14-4-5-16-10(14)12-8/h2-5,15H,6H2,1H3. The number of aryl methyl sites for hydroxylation is 1. The summed E-state index contributed by atoms with van der Waals surface area (Å²) >= 11 is 3.02. The highest BCUT2D eigenvalue weighted by atomic mass is 32.2. The molecule has 0 unspecified atom stereocenters. The number of aliphatic hydroxyl groups is 1. The molecule has 17 heavy (non-hydrogen) atoms. The summed E-state index contributed by atoms with van der Waals surface area (Å²) < 4.78 is 3.84. The highest BCUT2D eigenvalue weighted by molar-refractivity contribution is 7.99. The molecule has 3 aromatic rings. The van der Waals surface area contributed by atoms with Gasteiger partial charge >= 0.3 is 0 Å². The number of fused-ring (bicyclic) bond motifs is 1. The summed E-state index contributed by atoms with van der Waals surface area (Å²) in [4.78, 5) is 9.62. The van der Waals surface area contributed by atoms with Crippen molar-refractivity contribution in [1.29, 1.82) is 0 Å². The van der Waals surface area contributed by atoms with Gasteiger partial charge < -0.3 is 9.67 Å². The largest absolute Gasteiger partial charge is 0.390 e. The lowest BCUT2D eigenvalue weighted by Gasteiger charge is -2.00. The molecule has 0 fully saturated rings. The summed E-state index contributed by atoms with van der Waals surface area (Å²) in [6.07, 6.45) is 5.56. The Morgan fingerprint density at radius 1 is 1.47 bits per heavy atom. The summed E-state index contributed by atoms with van der Waals surface area (Å²) in [5, 5.41) is 13.1. The maximum absolute atomic E-state index is 9.42. The van der Waals surface area contributed by atoms with Gasteiger partial charge in [-0.2, -0.15) is 0 Å². The third-order valence-electron chi connectivity index (χ3n) is 2.44. The zero-order valence-corrected chi connectivity index (χ0v) is 10.7. The van der Waals surface area contributed by atoms with Gasteiger partial charge in [0.1, 0.15) is 5.03 Å². The van der Waals surface area contributed by atoms with Crippen molar-refractivity contribution >= 4 is 28.1 Å². The quantitative estimate of drug-likeness (QED) is 0.785. The molecule has 0 atom stereocenters. The van der Waals surface area contributed by atoms with Gasteiger partial charge in [0.15, 0.2) is 10.1 Å². The Bertz CT molecular complexity index is 654. The summed E-state index contributed by atoms with van der Waals surface area (Å²) in [5.74, 6) is 0. The third-order valence-corrected chi connectivity index (χ3v) is 4.29. The van der Waals surface area contributed by atoms with E-state index >= 15 is 0 Å². The molecule has 0 radical (unpaired) electrons. The van der Waals surface area contributed by atoms with Crippen molar-refractivity contribution in [2.75, 3.05) is 0 Å². The second-order valence-corrected chi connectivity index (χ2v) is 5.33. The van der Waals surface area contributed by atoms with Crippen LogP contribution in [0.1, 0.15) is 5.69 Å². The summed E-state index contributed by atoms with van der Waals surface area (Å²) in [7, 11) is 1.94. The minimum absolute atomic E-state index is 0.0232. The fourth-order valence-electron chi connectivity index (χ4n) is 1.58. The van der Waals surface area contributed by atoms with Crippen molar-refractivity contribution in [3.8, 4) is 0 Å². The van der Waals surface area contributed by atoms with E-state index in [9.17, 15) is 5.11 Å². The number of aliphatic hydroxyl groups excluding tert-OH is 1. The monoisotopic (exact) mass is 266 g/mol. The van der Waals surface area contributed by atoms with Gasteiger partial charge in [0.25, 0.3) is 0 Å². The van der Waals surface area contributed by atoms with E-state index < -0.39 is 0 Å². The number of nitrogens with zero attached hydrogens (tertiary/aromatic N) is 4. The molecule has 0 saturated carbocycles. The number of imidazole rings is 2. The van der Waals surface area contributed by atoms with Crippen molar-refractivity contribution in [1.82, 2.24) is 18.9 Å². The van der Waals surface area contributed by atoms with Gasteiger partial charge in [-0.1, -0.05) is 0 Å². The molecular weight excluding hydrogens is 256 g/mol. The van der Waals surface area contributed by atoms with Crippen molar-refractivity contribution in [3.05, 3.63) is 29.7 Å². The molecule has 0 aliphatic rings. The second-order valence-electron chi connectivity index (χ2n) is 3.50. The van der Waals surface area contributed by atoms with Crippen LogP contribution in [0.4, 0.5) is 0 Å². The van der Waals surface area contributed by atoms with E-state index in [0.29, 0.717) is 0 Å². The van der Waals surface area contributed by atoms with Crippen molar-refractivity contribution in [2.24, 2.45) is 7.05 Å². The summed E-state index contributed by atoms with van der Waals surface area (Å²) in [6.45, 7) is -0.0232. The van der Waals surface area contributed by atoms with E-state index in [2.05, 4.69) is 9.97 Å². The molecule has 7 heteroatoms. The van der Waals surface area contributed by atoms with Crippen LogP contribution in [0.5, 0.6) is 0 Å². The molecule has 0 spiro atoms. The molecule has 0 saturated heterocycles. The van der Waals surface area contributed by atoms with E-state index in [1.54, 1.807) is 17.5 Å². The van der Waals surface area contributed by atoms with Crippen molar-refractivity contribution in [2.45, 2.75) is 16.8 Å². The molecule has 3 heterocycles. The van der Waals surface area contributed by atoms with Gasteiger partial charge in [0.05, 0.1) is 12.3 Å². The van der Waals surface area contributed by atoms with Crippen LogP contribution in [-0.2, 0) is 13.7 Å². The van der Waals surface area contributed by atoms with Gasteiger partial charge in [-0.3, -0.25) is 4.40 Å². The number of hydrogen-bond acceptors (Lipinski definition) is 5. The maximum atomic E-state index is 9.42. The molecule has 3 aromatic heterocycles. The van der Waals surface area contributed by atoms with Gasteiger partial charge in [-0.25, -0.2) is 9.97 Å². The van der Waals surface area contributed by atoms with Crippen LogP contribution in [0.2, 0.25) is 0 Å². The molecular formula is C10H10N4OS2. The smallest absolute Gasteiger partial charge is 0.195 e. The summed E-state index contributed by atoms with van der Waals surface area (Å²) in [6, 6.07) is 0. The fourth-order valence-corrected chi connectivity index (χ4v) is 3.27. The Kier molecular flexibility index (Phi) is 2.65. The van der Waals surface area contributed by atoms with Crippen LogP contribution in [0.25, 0.3) is 4.96 Å². The Morgan fingerprint density at radius 2 is 2.35 bits per heavy atom. The SMILES string of the molecule is Cn1ccnc1Sc1nc2sccn2c1CO. The zero-order chi connectivity index (χ0) is 11.8. The highest BCUT2D eigenvalue weighted by Crippen LogP contribution is 2.30. The lowest BCUT2D eigenvalue weighted by atomic mass is 10.5. The van der Waals surface area contributed by atoms with Crippen LogP contribution >= 0.6 is 23.1 Å². The lowest BCUT2D eigenvalue weighted by molar-refractivity contribution is 0.272. The van der Waals surface area contributed by atoms with Gasteiger partial charge in [0, 0.05) is 31.0 Å². The summed E-state index contributed by atoms with van der Waals surface area (Å²) in [5.41, 5.74) is 0.814. The predicted octanol–water partition coefficient (Wildman–Crippen LogP) is 1.77. The van der Waals surface area contributed by atoms with E-state index in [-0.39, 0.29) is 6.61 Å². The highest BCUT2D eigenvalue weighted by Gasteiger charge is 2.15. The number of hydrogen-bond donors (Lipinski definition) is 1. The van der Waals surface area contributed by atoms with Crippen molar-refractivity contribution < 1.29 is 5.11 Å². The Balaban J connectivity index is 2.05. The van der Waals surface area contributed by atoms with Gasteiger partial charge in [-0.15, -0.1) is 11.3 Å². The van der Waals surface area contributed by atoms with Crippen LogP contribution in [-0.4, -0.2) is 24.0 Å². The Morgan fingerprint density at radius 3 is 3.06 bits per heavy atom. The zero-order valence-electron chi connectivity index (χ0n) is 9.07. The van der Waals surface area contributed by atoms with Crippen LogP contribution < -0.4 is 0 Å². The minimum atomic E-state index is -0.0232. The van der Waals surface area contributed by atoms with Gasteiger partial charge in [0.2, 0.25) is 0 Å². The molecule has 0 amide bonds. The number of thiazole rings is 1. The minimum Gasteiger partial charge on any atom is -0.390 e. The normalized spacial score (nSPS) is 11.4. The first-order valence-corrected chi connectivity index (χ1v) is 6.69. The average Bonchev–Trinajstić information content (AvgIpc) is 2.96. The molecule has 0 aliphatic carbocycles. The molecule has 0 aliphatic heterocycles. The van der Waals surface area contributed by atoms with Crippen LogP contribution in [0, 0.1) is 0 Å². The van der Waals surface area contributed by atoms with E-state index in [0.717, 1.165) is 20.8 Å².